The fourth-order valence-electron chi connectivity index (χ4n) is 3.98. The van der Waals surface area contributed by atoms with Crippen molar-refractivity contribution in [2.75, 3.05) is 33.7 Å². The van der Waals surface area contributed by atoms with Crippen LogP contribution in [-0.2, 0) is 16.4 Å². The molecule has 0 saturated carbocycles. The van der Waals surface area contributed by atoms with Crippen LogP contribution < -0.4 is 5.32 Å². The number of benzene rings is 2. The van der Waals surface area contributed by atoms with Crippen LogP contribution in [0.5, 0.6) is 0 Å². The minimum atomic E-state index is -3.69. The van der Waals surface area contributed by atoms with Crippen molar-refractivity contribution < 1.29 is 13.2 Å². The number of carbonyl (C=O) groups is 1. The first kappa shape index (κ1) is 23.4. The Bertz CT molecular complexity index is 981. The molecule has 1 aliphatic rings. The van der Waals surface area contributed by atoms with Crippen LogP contribution >= 0.6 is 0 Å². The third kappa shape index (κ3) is 5.53. The third-order valence-electron chi connectivity index (χ3n) is 5.92. The second kappa shape index (κ2) is 10.4. The molecule has 2 aromatic carbocycles. The van der Waals surface area contributed by atoms with Gasteiger partial charge in [-0.1, -0.05) is 49.7 Å². The van der Waals surface area contributed by atoms with Crippen molar-refractivity contribution in [1.82, 2.24) is 14.5 Å². The summed E-state index contributed by atoms with van der Waals surface area (Å²) in [7, 11) is 0.253. The van der Waals surface area contributed by atoms with Crippen LogP contribution in [0.3, 0.4) is 0 Å². The SMILES string of the molecule is CCc1ccc(C(CNC(=O)c2ccccc2S(=O)(=O)N2CCCCC2)N(C)C)cc1. The normalized spacial score (nSPS) is 16.3. The molecule has 1 saturated heterocycles. The predicted molar refractivity (Wildman–Crippen MR) is 124 cm³/mol. The summed E-state index contributed by atoms with van der Waals surface area (Å²) in [6, 6.07) is 14.9. The lowest BCUT2D eigenvalue weighted by Gasteiger charge is -2.27. The number of piperidine rings is 1. The molecule has 0 spiro atoms. The largest absolute Gasteiger partial charge is 0.350 e. The number of nitrogens with one attached hydrogen (secondary N) is 1. The molecule has 1 aliphatic heterocycles. The van der Waals surface area contributed by atoms with Crippen molar-refractivity contribution in [2.24, 2.45) is 0 Å². The Morgan fingerprint density at radius 3 is 2.29 bits per heavy atom. The molecule has 1 fully saturated rings. The number of aryl methyl sites for hydroxylation is 1. The highest BCUT2D eigenvalue weighted by molar-refractivity contribution is 7.89. The van der Waals surface area contributed by atoms with Crippen molar-refractivity contribution in [1.29, 1.82) is 0 Å². The van der Waals surface area contributed by atoms with E-state index in [1.54, 1.807) is 18.2 Å². The standard InChI is InChI=1S/C24H33N3O3S/c1-4-19-12-14-20(15-13-19)22(26(2)3)18-25-24(28)21-10-6-7-11-23(21)31(29,30)27-16-8-5-9-17-27/h6-7,10-15,22H,4-5,8-9,16-18H2,1-3H3,(H,25,28). The van der Waals surface area contributed by atoms with Gasteiger partial charge in [0.05, 0.1) is 16.5 Å². The van der Waals surface area contributed by atoms with E-state index < -0.39 is 10.0 Å². The van der Waals surface area contributed by atoms with Crippen molar-refractivity contribution in [2.45, 2.75) is 43.5 Å². The smallest absolute Gasteiger partial charge is 0.252 e. The zero-order valence-electron chi connectivity index (χ0n) is 18.7. The topological polar surface area (TPSA) is 69.7 Å². The summed E-state index contributed by atoms with van der Waals surface area (Å²) in [6.45, 7) is 3.52. The average Bonchev–Trinajstić information content (AvgIpc) is 2.80. The lowest BCUT2D eigenvalue weighted by molar-refractivity contribution is 0.0938. The monoisotopic (exact) mass is 443 g/mol. The first-order valence-corrected chi connectivity index (χ1v) is 12.4. The van der Waals surface area contributed by atoms with E-state index in [1.165, 1.54) is 15.9 Å². The van der Waals surface area contributed by atoms with Crippen LogP contribution in [0.15, 0.2) is 53.4 Å². The van der Waals surface area contributed by atoms with Crippen molar-refractivity contribution in [3.05, 3.63) is 65.2 Å². The number of sulfonamides is 1. The van der Waals surface area contributed by atoms with Crippen molar-refractivity contribution in [3.63, 3.8) is 0 Å². The first-order valence-electron chi connectivity index (χ1n) is 11.0. The van der Waals surface area contributed by atoms with E-state index in [2.05, 4.69) is 41.4 Å². The van der Waals surface area contributed by atoms with Crippen LogP contribution in [0.4, 0.5) is 0 Å². The van der Waals surface area contributed by atoms with Crippen LogP contribution in [0.1, 0.15) is 53.7 Å². The lowest BCUT2D eigenvalue weighted by atomic mass is 10.0. The molecule has 1 N–H and O–H groups in total. The molecule has 168 valence electrons. The van der Waals surface area contributed by atoms with E-state index in [-0.39, 0.29) is 22.4 Å². The maximum atomic E-state index is 13.2. The second-order valence-electron chi connectivity index (χ2n) is 8.25. The Hall–Kier alpha value is -2.22. The molecule has 1 heterocycles. The molecule has 1 unspecified atom stereocenters. The molecule has 0 aliphatic carbocycles. The fourth-order valence-corrected chi connectivity index (χ4v) is 5.69. The second-order valence-corrected chi connectivity index (χ2v) is 10.2. The molecule has 7 heteroatoms. The van der Waals surface area contributed by atoms with Gasteiger partial charge < -0.3 is 10.2 Å². The van der Waals surface area contributed by atoms with Gasteiger partial charge >= 0.3 is 0 Å². The molecular formula is C24H33N3O3S. The number of nitrogens with zero attached hydrogens (tertiary/aromatic N) is 2. The Morgan fingerprint density at radius 2 is 1.68 bits per heavy atom. The van der Waals surface area contributed by atoms with Crippen LogP contribution in [0.25, 0.3) is 0 Å². The molecule has 31 heavy (non-hydrogen) atoms. The van der Waals surface area contributed by atoms with Gasteiger partial charge in [-0.15, -0.1) is 0 Å². The maximum absolute atomic E-state index is 13.2. The number of likely N-dealkylation sites (N-methyl/N-ethyl adjacent to an activating group) is 1. The van der Waals surface area contributed by atoms with Gasteiger partial charge in [-0.05, 0) is 56.6 Å². The molecule has 1 amide bonds. The Labute approximate surface area is 186 Å². The van der Waals surface area contributed by atoms with Crippen molar-refractivity contribution >= 4 is 15.9 Å². The van der Waals surface area contributed by atoms with E-state index in [4.69, 9.17) is 0 Å². The van der Waals surface area contributed by atoms with Gasteiger partial charge in [0.25, 0.3) is 5.91 Å². The van der Waals surface area contributed by atoms with E-state index in [9.17, 15) is 13.2 Å². The molecule has 1 atom stereocenters. The minimum absolute atomic E-state index is 0.0132. The minimum Gasteiger partial charge on any atom is -0.350 e. The number of amides is 1. The highest BCUT2D eigenvalue weighted by atomic mass is 32.2. The number of hydrogen-bond acceptors (Lipinski definition) is 4. The zero-order valence-corrected chi connectivity index (χ0v) is 19.5. The lowest BCUT2D eigenvalue weighted by Crippen LogP contribution is -2.38. The number of hydrogen-bond donors (Lipinski definition) is 1. The molecule has 0 aromatic heterocycles. The van der Waals surface area contributed by atoms with Crippen molar-refractivity contribution in [3.8, 4) is 0 Å². The summed E-state index contributed by atoms with van der Waals surface area (Å²) < 4.78 is 27.9. The Morgan fingerprint density at radius 1 is 1.03 bits per heavy atom. The molecule has 0 radical (unpaired) electrons. The quantitative estimate of drug-likeness (QED) is 0.678. The summed E-state index contributed by atoms with van der Waals surface area (Å²) >= 11 is 0. The number of rotatable bonds is 8. The van der Waals surface area contributed by atoms with Gasteiger partial charge in [0.1, 0.15) is 0 Å². The average molecular weight is 444 g/mol. The first-order chi connectivity index (χ1) is 14.8. The predicted octanol–water partition coefficient (Wildman–Crippen LogP) is 3.46. The highest BCUT2D eigenvalue weighted by Crippen LogP contribution is 2.24. The zero-order chi connectivity index (χ0) is 22.4. The highest BCUT2D eigenvalue weighted by Gasteiger charge is 2.30. The fraction of sp³-hybridized carbons (Fsp3) is 0.458. The van der Waals surface area contributed by atoms with Crippen LogP contribution in [0.2, 0.25) is 0 Å². The van der Waals surface area contributed by atoms with Crippen LogP contribution in [0, 0.1) is 0 Å². The summed E-state index contributed by atoms with van der Waals surface area (Å²) in [4.78, 5) is 15.2. The van der Waals surface area contributed by atoms with Gasteiger partial charge in [0.2, 0.25) is 10.0 Å². The van der Waals surface area contributed by atoms with Gasteiger partial charge in [-0.2, -0.15) is 4.31 Å². The molecule has 3 rings (SSSR count). The van der Waals surface area contributed by atoms with E-state index in [0.717, 1.165) is 31.2 Å². The summed E-state index contributed by atoms with van der Waals surface area (Å²) in [5.41, 5.74) is 2.57. The van der Waals surface area contributed by atoms with E-state index in [1.807, 2.05) is 14.1 Å². The molecule has 0 bridgehead atoms. The van der Waals surface area contributed by atoms with E-state index in [0.29, 0.717) is 19.6 Å². The third-order valence-corrected chi connectivity index (χ3v) is 7.87. The van der Waals surface area contributed by atoms with Gasteiger partial charge in [0.15, 0.2) is 0 Å². The Balaban J connectivity index is 1.78. The summed E-state index contributed by atoms with van der Waals surface area (Å²) in [6.07, 6.45) is 3.73. The van der Waals surface area contributed by atoms with Gasteiger partial charge in [-0.3, -0.25) is 4.79 Å². The summed E-state index contributed by atoms with van der Waals surface area (Å²) in [5.74, 6) is -0.367. The van der Waals surface area contributed by atoms with Gasteiger partial charge in [-0.25, -0.2) is 8.42 Å². The number of carbonyl (C=O) groups excluding carboxylic acids is 1. The summed E-state index contributed by atoms with van der Waals surface area (Å²) in [5, 5.41) is 2.96. The molecule has 2 aromatic rings. The molecular weight excluding hydrogens is 410 g/mol. The van der Waals surface area contributed by atoms with Crippen LogP contribution in [-0.4, -0.2) is 57.3 Å². The maximum Gasteiger partial charge on any atom is 0.252 e. The van der Waals surface area contributed by atoms with Gasteiger partial charge in [0, 0.05) is 19.6 Å². The Kier molecular flexibility index (Phi) is 7.86. The van der Waals surface area contributed by atoms with E-state index >= 15 is 0 Å². The molecule has 6 nitrogen and oxygen atoms in total.